The number of esters is 2. The van der Waals surface area contributed by atoms with Gasteiger partial charge in [0.05, 0.1) is 18.8 Å². The third-order valence-electron chi connectivity index (χ3n) is 8.21. The van der Waals surface area contributed by atoms with Crippen LogP contribution in [0.5, 0.6) is 0 Å². The Morgan fingerprint density at radius 2 is 1.08 bits per heavy atom. The molecular weight excluding hydrogens is 683 g/mol. The highest BCUT2D eigenvalue weighted by Gasteiger charge is 2.23. The van der Waals surface area contributed by atoms with Crippen LogP contribution in [0.2, 0.25) is 0 Å². The lowest BCUT2D eigenvalue weighted by atomic mass is 10.0. The smallest absolute Gasteiger partial charge is 0.462 e. The molecule has 300 valence electrons. The summed E-state index contributed by atoms with van der Waals surface area (Å²) in [5.74, 6) is -1.07. The van der Waals surface area contributed by atoms with Gasteiger partial charge in [0, 0.05) is 12.8 Å². The van der Waals surface area contributed by atoms with Crippen molar-refractivity contribution < 1.29 is 48.2 Å². The van der Waals surface area contributed by atoms with Crippen LogP contribution in [0.15, 0.2) is 60.8 Å². The van der Waals surface area contributed by atoms with Crippen LogP contribution < -0.4 is 0 Å². The molecule has 52 heavy (non-hydrogen) atoms. The molecule has 0 aliphatic rings. The zero-order valence-corrected chi connectivity index (χ0v) is 33.1. The Morgan fingerprint density at radius 3 is 1.65 bits per heavy atom. The summed E-state index contributed by atoms with van der Waals surface area (Å²) in [5, 5.41) is 20.3. The van der Waals surface area contributed by atoms with Crippen molar-refractivity contribution in [1.29, 1.82) is 0 Å². The summed E-state index contributed by atoms with van der Waals surface area (Å²) in [6.45, 7) is 3.40. The fraction of sp³-hybridized carbons (Fsp3) is 0.707. The van der Waals surface area contributed by atoms with E-state index in [1.807, 2.05) is 18.2 Å². The number of hydrogen-bond acceptors (Lipinski definition) is 8. The molecule has 4 N–H and O–H groups in total. The average Bonchev–Trinajstić information content (AvgIpc) is 3.11. The Bertz CT molecular complexity index is 1060. The van der Waals surface area contributed by atoms with Gasteiger partial charge >= 0.3 is 19.8 Å². The molecular formula is C41H71O10P. The highest BCUT2D eigenvalue weighted by molar-refractivity contribution is 7.46. The van der Waals surface area contributed by atoms with E-state index in [9.17, 15) is 24.4 Å². The lowest BCUT2D eigenvalue weighted by molar-refractivity contribution is -0.161. The molecule has 0 aliphatic heterocycles. The van der Waals surface area contributed by atoms with Gasteiger partial charge < -0.3 is 29.5 Å². The Labute approximate surface area is 314 Å². The van der Waals surface area contributed by atoms with Crippen LogP contribution in [0.3, 0.4) is 0 Å². The lowest BCUT2D eigenvalue weighted by Gasteiger charge is -2.18. The molecule has 0 amide bonds. The van der Waals surface area contributed by atoms with Crippen LogP contribution in [-0.4, -0.2) is 63.5 Å². The summed E-state index contributed by atoms with van der Waals surface area (Å²) in [7, 11) is -4.81. The maximum atomic E-state index is 12.4. The van der Waals surface area contributed by atoms with Crippen molar-refractivity contribution in [3.63, 3.8) is 0 Å². The minimum absolute atomic E-state index is 0.102. The zero-order valence-electron chi connectivity index (χ0n) is 32.2. The molecule has 0 aromatic heterocycles. The van der Waals surface area contributed by atoms with E-state index in [1.54, 1.807) is 0 Å². The molecule has 0 saturated carbocycles. The molecule has 0 radical (unpaired) electrons. The van der Waals surface area contributed by atoms with Crippen LogP contribution in [0.25, 0.3) is 0 Å². The number of unbranched alkanes of at least 4 members (excludes halogenated alkanes) is 11. The SMILES string of the molecule is CCCCC/C=C\C/C=C\C/C=C\C/C=C\CCCC(=O)O[C@H](COC(=O)CCCCCCC[C@@H](O)[C@H](O)C/C=C\CCCCC)COP(=O)(O)O. The van der Waals surface area contributed by atoms with E-state index in [0.717, 1.165) is 64.2 Å². The first kappa shape index (κ1) is 49.7. The summed E-state index contributed by atoms with van der Waals surface area (Å²) in [6.07, 6.45) is 36.8. The van der Waals surface area contributed by atoms with Crippen molar-refractivity contribution in [2.75, 3.05) is 13.2 Å². The summed E-state index contributed by atoms with van der Waals surface area (Å²) in [4.78, 5) is 42.7. The van der Waals surface area contributed by atoms with Gasteiger partial charge in [0.25, 0.3) is 0 Å². The number of carbonyl (C=O) groups excluding carboxylic acids is 2. The molecule has 0 aliphatic carbocycles. The maximum Gasteiger partial charge on any atom is 0.469 e. The summed E-state index contributed by atoms with van der Waals surface area (Å²) in [5.41, 5.74) is 0. The number of hydrogen-bond donors (Lipinski definition) is 4. The minimum atomic E-state index is -4.81. The van der Waals surface area contributed by atoms with Gasteiger partial charge in [0.15, 0.2) is 6.10 Å². The number of phosphoric ester groups is 1. The quantitative estimate of drug-likeness (QED) is 0.0212. The van der Waals surface area contributed by atoms with Gasteiger partial charge in [-0.3, -0.25) is 14.1 Å². The number of aliphatic hydroxyl groups excluding tert-OH is 2. The first-order chi connectivity index (χ1) is 25.1. The van der Waals surface area contributed by atoms with Gasteiger partial charge in [-0.25, -0.2) is 4.57 Å². The average molecular weight is 755 g/mol. The monoisotopic (exact) mass is 754 g/mol. The van der Waals surface area contributed by atoms with E-state index in [2.05, 4.69) is 60.9 Å². The predicted octanol–water partition coefficient (Wildman–Crippen LogP) is 9.68. The summed E-state index contributed by atoms with van der Waals surface area (Å²) >= 11 is 0. The van der Waals surface area contributed by atoms with E-state index < -0.39 is 44.7 Å². The van der Waals surface area contributed by atoms with Crippen LogP contribution in [0, 0.1) is 0 Å². The third kappa shape index (κ3) is 36.0. The predicted molar refractivity (Wildman–Crippen MR) is 209 cm³/mol. The lowest BCUT2D eigenvalue weighted by Crippen LogP contribution is -2.29. The van der Waals surface area contributed by atoms with Crippen LogP contribution in [0.1, 0.15) is 155 Å². The Kier molecular flexibility index (Phi) is 34.1. The zero-order chi connectivity index (χ0) is 38.5. The molecule has 0 fully saturated rings. The van der Waals surface area contributed by atoms with Crippen LogP contribution >= 0.6 is 7.82 Å². The second-order valence-corrected chi connectivity index (χ2v) is 14.4. The molecule has 0 heterocycles. The van der Waals surface area contributed by atoms with Crippen LogP contribution in [-0.2, 0) is 28.2 Å². The van der Waals surface area contributed by atoms with E-state index in [0.29, 0.717) is 32.1 Å². The minimum Gasteiger partial charge on any atom is -0.462 e. The second-order valence-electron chi connectivity index (χ2n) is 13.2. The van der Waals surface area contributed by atoms with Crippen molar-refractivity contribution in [3.8, 4) is 0 Å². The fourth-order valence-electron chi connectivity index (χ4n) is 5.09. The van der Waals surface area contributed by atoms with E-state index in [-0.39, 0.29) is 19.4 Å². The molecule has 10 nitrogen and oxygen atoms in total. The largest absolute Gasteiger partial charge is 0.469 e. The van der Waals surface area contributed by atoms with Crippen LogP contribution in [0.4, 0.5) is 0 Å². The van der Waals surface area contributed by atoms with Crippen molar-refractivity contribution >= 4 is 19.8 Å². The Balaban J connectivity index is 4.18. The molecule has 11 heteroatoms. The van der Waals surface area contributed by atoms with Gasteiger partial charge in [-0.15, -0.1) is 0 Å². The third-order valence-corrected chi connectivity index (χ3v) is 8.70. The number of carbonyl (C=O) groups is 2. The van der Waals surface area contributed by atoms with Gasteiger partial charge in [-0.2, -0.15) is 0 Å². The standard InChI is InChI=1S/C41H71O10P/c1-3-5-7-9-11-12-13-14-15-16-17-18-19-20-21-25-30-34-41(45)51-37(36-50-52(46,47)48)35-49-40(44)33-29-26-22-24-28-32-39(43)38(42)31-27-23-10-8-6-4-2/h11-12,14-15,17-18,20-21,23,27,37-39,42-43H,3-10,13,16,19,22,24-26,28-36H2,1-2H3,(H2,46,47,48)/b12-11-,15-14-,18-17-,21-20-,27-23-/t37-,38-,39-/m1/s1. The van der Waals surface area contributed by atoms with Crippen molar-refractivity contribution in [1.82, 2.24) is 0 Å². The first-order valence-corrected chi connectivity index (χ1v) is 21.3. The molecule has 0 saturated heterocycles. The fourth-order valence-corrected chi connectivity index (χ4v) is 5.45. The Hall–Kier alpha value is -2.33. The number of aliphatic hydroxyl groups is 2. The Morgan fingerprint density at radius 1 is 0.577 bits per heavy atom. The number of rotatable bonds is 35. The summed E-state index contributed by atoms with van der Waals surface area (Å²) < 4.78 is 26.2. The van der Waals surface area contributed by atoms with Crippen molar-refractivity contribution in [2.45, 2.75) is 173 Å². The first-order valence-electron chi connectivity index (χ1n) is 19.7. The highest BCUT2D eigenvalue weighted by atomic mass is 31.2. The van der Waals surface area contributed by atoms with Gasteiger partial charge in [0.1, 0.15) is 6.61 Å². The van der Waals surface area contributed by atoms with E-state index >= 15 is 0 Å². The maximum absolute atomic E-state index is 12.4. The second kappa shape index (κ2) is 35.7. The molecule has 0 unspecified atom stereocenters. The number of phosphoric acid groups is 1. The topological polar surface area (TPSA) is 160 Å². The van der Waals surface area contributed by atoms with E-state index in [4.69, 9.17) is 19.3 Å². The van der Waals surface area contributed by atoms with Gasteiger partial charge in [-0.05, 0) is 77.0 Å². The molecule has 0 aromatic carbocycles. The van der Waals surface area contributed by atoms with Gasteiger partial charge in [-0.1, -0.05) is 126 Å². The molecule has 0 aromatic rings. The van der Waals surface area contributed by atoms with Gasteiger partial charge in [0.2, 0.25) is 0 Å². The molecule has 3 atom stereocenters. The van der Waals surface area contributed by atoms with Crippen molar-refractivity contribution in [2.24, 2.45) is 0 Å². The van der Waals surface area contributed by atoms with Crippen molar-refractivity contribution in [3.05, 3.63) is 60.8 Å². The molecule has 0 rings (SSSR count). The molecule has 0 bridgehead atoms. The molecule has 0 spiro atoms. The van der Waals surface area contributed by atoms with E-state index in [1.165, 1.54) is 32.1 Å². The highest BCUT2D eigenvalue weighted by Crippen LogP contribution is 2.36. The number of ether oxygens (including phenoxy) is 2. The number of allylic oxidation sites excluding steroid dienone is 9. The normalized spacial score (nSPS) is 14.3. The summed E-state index contributed by atoms with van der Waals surface area (Å²) in [6, 6.07) is 0.